The minimum absolute atomic E-state index is 0.0395. The van der Waals surface area contributed by atoms with Crippen LogP contribution in [0.3, 0.4) is 0 Å². The van der Waals surface area contributed by atoms with Gasteiger partial charge in [0.1, 0.15) is 18.4 Å². The van der Waals surface area contributed by atoms with Crippen LogP contribution in [0.4, 0.5) is 10.1 Å². The highest BCUT2D eigenvalue weighted by Crippen LogP contribution is 2.25. The van der Waals surface area contributed by atoms with E-state index in [9.17, 15) is 22.4 Å². The molecule has 0 radical (unpaired) electrons. The monoisotopic (exact) mass is 545 g/mol. The van der Waals surface area contributed by atoms with Gasteiger partial charge in [-0.15, -0.1) is 0 Å². The Morgan fingerprint density at radius 1 is 1.03 bits per heavy atom. The molecule has 3 rings (SSSR count). The number of carbonyl (C=O) groups is 2. The summed E-state index contributed by atoms with van der Waals surface area (Å²) in [4.78, 5) is 28.3. The van der Waals surface area contributed by atoms with Crippen LogP contribution in [0.1, 0.15) is 16.7 Å². The minimum atomic E-state index is -3.96. The Kier molecular flexibility index (Phi) is 9.29. The summed E-state index contributed by atoms with van der Waals surface area (Å²) < 4.78 is 40.0. The standard InChI is InChI=1S/C27H29ClFN3O4S/c1-19-9-7-8-12-21(19)17-31(25(27(34)30-2)15-20-10-5-4-6-11-20)26(33)18-32(37(3,35)36)22-13-14-24(29)23(28)16-22/h4-14,16,25H,15,17-18H2,1-3H3,(H,30,34)/t25-/m1/s1. The molecule has 0 fully saturated rings. The van der Waals surface area contributed by atoms with E-state index in [0.29, 0.717) is 0 Å². The molecule has 3 aromatic rings. The van der Waals surface area contributed by atoms with Crippen LogP contribution in [0.2, 0.25) is 5.02 Å². The van der Waals surface area contributed by atoms with Gasteiger partial charge >= 0.3 is 0 Å². The van der Waals surface area contributed by atoms with Crippen molar-refractivity contribution in [2.24, 2.45) is 0 Å². The zero-order valence-corrected chi connectivity index (χ0v) is 22.4. The second-order valence-corrected chi connectivity index (χ2v) is 10.9. The number of anilines is 1. The highest BCUT2D eigenvalue weighted by Gasteiger charge is 2.33. The van der Waals surface area contributed by atoms with Crippen molar-refractivity contribution in [1.82, 2.24) is 10.2 Å². The summed E-state index contributed by atoms with van der Waals surface area (Å²) in [5.41, 5.74) is 2.61. The van der Waals surface area contributed by atoms with E-state index in [-0.39, 0.29) is 29.6 Å². The zero-order valence-electron chi connectivity index (χ0n) is 20.8. The van der Waals surface area contributed by atoms with Gasteiger partial charge in [-0.1, -0.05) is 66.2 Å². The number of benzene rings is 3. The predicted octanol–water partition coefficient (Wildman–Crippen LogP) is 3.94. The first-order chi connectivity index (χ1) is 17.5. The van der Waals surface area contributed by atoms with Gasteiger partial charge in [-0.2, -0.15) is 0 Å². The Balaban J connectivity index is 2.05. The highest BCUT2D eigenvalue weighted by molar-refractivity contribution is 7.92. The first-order valence-electron chi connectivity index (χ1n) is 11.5. The van der Waals surface area contributed by atoms with Gasteiger partial charge in [0.25, 0.3) is 0 Å². The Morgan fingerprint density at radius 3 is 2.27 bits per heavy atom. The average molecular weight is 546 g/mol. The second kappa shape index (κ2) is 12.2. The lowest BCUT2D eigenvalue weighted by Crippen LogP contribution is -2.53. The molecule has 0 aromatic heterocycles. The second-order valence-electron chi connectivity index (χ2n) is 8.64. The Labute approximate surface area is 221 Å². The zero-order chi connectivity index (χ0) is 27.2. The van der Waals surface area contributed by atoms with Crippen molar-refractivity contribution in [3.8, 4) is 0 Å². The highest BCUT2D eigenvalue weighted by atomic mass is 35.5. The van der Waals surface area contributed by atoms with Crippen LogP contribution in [0, 0.1) is 12.7 Å². The van der Waals surface area contributed by atoms with E-state index in [0.717, 1.165) is 39.4 Å². The van der Waals surface area contributed by atoms with Gasteiger partial charge in [0.05, 0.1) is 17.0 Å². The Morgan fingerprint density at radius 2 is 1.68 bits per heavy atom. The van der Waals surface area contributed by atoms with E-state index in [1.807, 2.05) is 61.5 Å². The predicted molar refractivity (Wildman–Crippen MR) is 143 cm³/mol. The van der Waals surface area contributed by atoms with Crippen LogP contribution in [0.15, 0.2) is 72.8 Å². The third-order valence-corrected chi connectivity index (χ3v) is 7.42. The largest absolute Gasteiger partial charge is 0.357 e. The lowest BCUT2D eigenvalue weighted by Gasteiger charge is -2.33. The lowest BCUT2D eigenvalue weighted by molar-refractivity contribution is -0.139. The molecule has 1 N–H and O–H groups in total. The number of carbonyl (C=O) groups excluding carboxylic acids is 2. The van der Waals surface area contributed by atoms with Gasteiger partial charge in [0.15, 0.2) is 0 Å². The molecular weight excluding hydrogens is 517 g/mol. The summed E-state index contributed by atoms with van der Waals surface area (Å²) in [7, 11) is -2.48. The van der Waals surface area contributed by atoms with Gasteiger partial charge in [-0.25, -0.2) is 12.8 Å². The fourth-order valence-corrected chi connectivity index (χ4v) is 4.96. The van der Waals surface area contributed by atoms with Crippen LogP contribution in [0.25, 0.3) is 0 Å². The number of halogens is 2. The summed E-state index contributed by atoms with van der Waals surface area (Å²) >= 11 is 5.89. The summed E-state index contributed by atoms with van der Waals surface area (Å²) in [5, 5.41) is 2.35. The maximum atomic E-state index is 13.8. The Bertz CT molecular complexity index is 1370. The number of hydrogen-bond acceptors (Lipinski definition) is 4. The van der Waals surface area contributed by atoms with E-state index in [1.54, 1.807) is 0 Å². The van der Waals surface area contributed by atoms with Crippen LogP contribution in [-0.4, -0.2) is 51.0 Å². The summed E-state index contributed by atoms with van der Waals surface area (Å²) in [6, 6.07) is 19.2. The molecule has 0 aliphatic rings. The van der Waals surface area contributed by atoms with Gasteiger partial charge < -0.3 is 10.2 Å². The summed E-state index contributed by atoms with van der Waals surface area (Å²) in [5.74, 6) is -1.70. The molecule has 0 bridgehead atoms. The SMILES string of the molecule is CNC(=O)[C@@H](Cc1ccccc1)N(Cc1ccccc1C)C(=O)CN(c1ccc(F)c(Cl)c1)S(C)(=O)=O. The van der Waals surface area contributed by atoms with Crippen molar-refractivity contribution in [3.05, 3.63) is 100 Å². The number of amides is 2. The summed E-state index contributed by atoms with van der Waals surface area (Å²) in [6.07, 6.45) is 1.17. The molecule has 0 heterocycles. The number of nitrogens with zero attached hydrogens (tertiary/aromatic N) is 2. The van der Waals surface area contributed by atoms with Crippen LogP contribution in [0.5, 0.6) is 0 Å². The average Bonchev–Trinajstić information content (AvgIpc) is 2.86. The molecule has 1 atom stereocenters. The topological polar surface area (TPSA) is 86.8 Å². The van der Waals surface area contributed by atoms with Crippen molar-refractivity contribution in [2.75, 3.05) is 24.2 Å². The molecule has 0 aliphatic carbocycles. The van der Waals surface area contributed by atoms with E-state index < -0.39 is 34.3 Å². The number of sulfonamides is 1. The molecule has 2 amide bonds. The van der Waals surface area contributed by atoms with Crippen molar-refractivity contribution in [2.45, 2.75) is 25.9 Å². The van der Waals surface area contributed by atoms with Gasteiger partial charge in [0.2, 0.25) is 21.8 Å². The number of aryl methyl sites for hydroxylation is 1. The maximum absolute atomic E-state index is 13.8. The molecule has 0 saturated heterocycles. The van der Waals surface area contributed by atoms with Crippen LogP contribution < -0.4 is 9.62 Å². The van der Waals surface area contributed by atoms with Crippen LogP contribution in [-0.2, 0) is 32.6 Å². The van der Waals surface area contributed by atoms with Crippen molar-refractivity contribution in [1.29, 1.82) is 0 Å². The van der Waals surface area contributed by atoms with Gasteiger partial charge in [0, 0.05) is 20.0 Å². The first-order valence-corrected chi connectivity index (χ1v) is 13.8. The smallest absolute Gasteiger partial charge is 0.244 e. The maximum Gasteiger partial charge on any atom is 0.244 e. The quantitative estimate of drug-likeness (QED) is 0.418. The van der Waals surface area contributed by atoms with E-state index in [1.165, 1.54) is 18.0 Å². The van der Waals surface area contributed by atoms with Crippen LogP contribution >= 0.6 is 11.6 Å². The Hall–Kier alpha value is -3.43. The fourth-order valence-electron chi connectivity index (χ4n) is 3.95. The normalized spacial score (nSPS) is 12.0. The molecule has 3 aromatic carbocycles. The number of rotatable bonds is 10. The molecule has 7 nitrogen and oxygen atoms in total. The van der Waals surface area contributed by atoms with Crippen molar-refractivity contribution in [3.63, 3.8) is 0 Å². The molecule has 0 unspecified atom stereocenters. The molecule has 0 aliphatic heterocycles. The number of nitrogens with one attached hydrogen (secondary N) is 1. The van der Waals surface area contributed by atoms with Gasteiger partial charge in [-0.05, 0) is 41.8 Å². The lowest BCUT2D eigenvalue weighted by atomic mass is 10.0. The minimum Gasteiger partial charge on any atom is -0.357 e. The van der Waals surface area contributed by atoms with E-state index >= 15 is 0 Å². The first kappa shape index (κ1) is 28.1. The molecule has 10 heteroatoms. The molecular formula is C27H29ClFN3O4S. The third kappa shape index (κ3) is 7.30. The van der Waals surface area contributed by atoms with Gasteiger partial charge in [-0.3, -0.25) is 13.9 Å². The van der Waals surface area contributed by atoms with E-state index in [4.69, 9.17) is 11.6 Å². The van der Waals surface area contributed by atoms with E-state index in [2.05, 4.69) is 5.32 Å². The van der Waals surface area contributed by atoms with Crippen molar-refractivity contribution < 1.29 is 22.4 Å². The number of likely N-dealkylation sites (N-methyl/N-ethyl adjacent to an activating group) is 1. The third-order valence-electron chi connectivity index (χ3n) is 5.99. The molecule has 0 spiro atoms. The molecule has 0 saturated carbocycles. The van der Waals surface area contributed by atoms with Crippen molar-refractivity contribution >= 4 is 39.1 Å². The summed E-state index contributed by atoms with van der Waals surface area (Å²) in [6.45, 7) is 1.38. The fraction of sp³-hybridized carbons (Fsp3) is 0.259. The molecule has 196 valence electrons. The molecule has 37 heavy (non-hydrogen) atoms. The number of hydrogen-bond donors (Lipinski definition) is 1.